The van der Waals surface area contributed by atoms with E-state index in [0.717, 1.165) is 23.9 Å². The highest BCUT2D eigenvalue weighted by atomic mass is 32.2. The van der Waals surface area contributed by atoms with E-state index in [1.54, 1.807) is 23.4 Å². The number of nitrogens with zero attached hydrogens (tertiary/aromatic N) is 2. The van der Waals surface area contributed by atoms with E-state index >= 15 is 0 Å². The quantitative estimate of drug-likeness (QED) is 0.811. The summed E-state index contributed by atoms with van der Waals surface area (Å²) >= 11 is 1.60. The summed E-state index contributed by atoms with van der Waals surface area (Å²) < 4.78 is 13.0. The fourth-order valence-electron chi connectivity index (χ4n) is 2.44. The minimum atomic E-state index is 0.00426. The maximum absolute atomic E-state index is 12.6. The summed E-state index contributed by atoms with van der Waals surface area (Å²) in [5, 5.41) is 0.735. The first kappa shape index (κ1) is 15.0. The van der Waals surface area contributed by atoms with Gasteiger partial charge in [0.05, 0.1) is 12.7 Å². The minimum absolute atomic E-state index is 0.00426. The summed E-state index contributed by atoms with van der Waals surface area (Å²) in [7, 11) is 1.59. The Bertz CT molecular complexity index is 743. The van der Waals surface area contributed by atoms with Crippen LogP contribution in [0.5, 0.6) is 17.4 Å². The van der Waals surface area contributed by atoms with Crippen LogP contribution in [-0.4, -0.2) is 22.4 Å². The first-order valence-electron chi connectivity index (χ1n) is 7.32. The predicted molar refractivity (Wildman–Crippen MR) is 86.3 cm³/mol. The number of ether oxygens (including phenoxy) is 2. The standard InChI is InChI=1S/C16H18N2O3S/c1-3-11-14(21-13-8-5-4-7-12(13)20-2)17-16-18(15(11)19)9-6-10-22-16/h4-5,7-8H,3,6,9-10H2,1-2H3. The average molecular weight is 318 g/mol. The monoisotopic (exact) mass is 318 g/mol. The third-order valence-corrected chi connectivity index (χ3v) is 4.64. The molecule has 1 aliphatic heterocycles. The van der Waals surface area contributed by atoms with Crippen molar-refractivity contribution >= 4 is 11.8 Å². The zero-order valence-electron chi connectivity index (χ0n) is 12.7. The van der Waals surface area contributed by atoms with E-state index in [2.05, 4.69) is 4.98 Å². The largest absolute Gasteiger partial charge is 0.493 e. The molecule has 0 saturated heterocycles. The smallest absolute Gasteiger partial charge is 0.261 e. The molecule has 116 valence electrons. The van der Waals surface area contributed by atoms with Crippen molar-refractivity contribution in [2.45, 2.75) is 31.5 Å². The molecule has 2 aromatic rings. The van der Waals surface area contributed by atoms with Crippen molar-refractivity contribution in [2.24, 2.45) is 0 Å². The van der Waals surface area contributed by atoms with Gasteiger partial charge in [-0.15, -0.1) is 0 Å². The summed E-state index contributed by atoms with van der Waals surface area (Å²) in [5.74, 6) is 2.55. The van der Waals surface area contributed by atoms with Gasteiger partial charge in [-0.05, 0) is 25.0 Å². The Morgan fingerprint density at radius 3 is 2.82 bits per heavy atom. The first-order chi connectivity index (χ1) is 10.7. The first-order valence-corrected chi connectivity index (χ1v) is 8.30. The van der Waals surface area contributed by atoms with Crippen LogP contribution in [0.1, 0.15) is 18.9 Å². The van der Waals surface area contributed by atoms with E-state index in [1.165, 1.54) is 0 Å². The van der Waals surface area contributed by atoms with Gasteiger partial charge in [-0.2, -0.15) is 4.98 Å². The Morgan fingerprint density at radius 1 is 1.32 bits per heavy atom. The molecule has 0 saturated carbocycles. The van der Waals surface area contributed by atoms with Gasteiger partial charge < -0.3 is 9.47 Å². The van der Waals surface area contributed by atoms with E-state index in [4.69, 9.17) is 9.47 Å². The van der Waals surface area contributed by atoms with Gasteiger partial charge in [0, 0.05) is 12.3 Å². The molecule has 0 spiro atoms. The number of aromatic nitrogens is 2. The van der Waals surface area contributed by atoms with Crippen LogP contribution < -0.4 is 15.0 Å². The van der Waals surface area contributed by atoms with Crippen molar-refractivity contribution < 1.29 is 9.47 Å². The van der Waals surface area contributed by atoms with E-state index in [-0.39, 0.29) is 5.56 Å². The molecule has 0 unspecified atom stereocenters. The fraction of sp³-hybridized carbons (Fsp3) is 0.375. The van der Waals surface area contributed by atoms with E-state index in [0.29, 0.717) is 29.4 Å². The molecule has 3 rings (SSSR count). The third kappa shape index (κ3) is 2.70. The van der Waals surface area contributed by atoms with Crippen LogP contribution in [0, 0.1) is 0 Å². The molecule has 1 aromatic carbocycles. The maximum Gasteiger partial charge on any atom is 0.261 e. The van der Waals surface area contributed by atoms with Gasteiger partial charge in [0.1, 0.15) is 0 Å². The SMILES string of the molecule is CCc1c(Oc2ccccc2OC)nc2n(c1=O)CCCS2. The van der Waals surface area contributed by atoms with Crippen molar-refractivity contribution in [1.82, 2.24) is 9.55 Å². The molecule has 1 aliphatic rings. The molecule has 22 heavy (non-hydrogen) atoms. The number of fused-ring (bicyclic) bond motifs is 1. The fourth-order valence-corrected chi connectivity index (χ4v) is 3.38. The number of rotatable bonds is 4. The van der Waals surface area contributed by atoms with E-state index in [1.807, 2.05) is 31.2 Å². The highest BCUT2D eigenvalue weighted by Crippen LogP contribution is 2.32. The van der Waals surface area contributed by atoms with Crippen LogP contribution in [0.4, 0.5) is 0 Å². The lowest BCUT2D eigenvalue weighted by Gasteiger charge is -2.19. The van der Waals surface area contributed by atoms with Gasteiger partial charge in [0.2, 0.25) is 5.88 Å². The highest BCUT2D eigenvalue weighted by molar-refractivity contribution is 7.99. The molecule has 0 radical (unpaired) electrons. The number of thioether (sulfide) groups is 1. The van der Waals surface area contributed by atoms with Crippen LogP contribution >= 0.6 is 11.8 Å². The van der Waals surface area contributed by atoms with Gasteiger partial charge in [0.15, 0.2) is 16.7 Å². The third-order valence-electron chi connectivity index (χ3n) is 3.58. The second-order valence-corrected chi connectivity index (χ2v) is 6.01. The highest BCUT2D eigenvalue weighted by Gasteiger charge is 2.20. The van der Waals surface area contributed by atoms with Crippen LogP contribution in [0.15, 0.2) is 34.2 Å². The molecule has 0 atom stereocenters. The second kappa shape index (κ2) is 6.44. The van der Waals surface area contributed by atoms with Crippen LogP contribution in [0.25, 0.3) is 0 Å². The van der Waals surface area contributed by atoms with E-state index < -0.39 is 0 Å². The van der Waals surface area contributed by atoms with E-state index in [9.17, 15) is 4.79 Å². The number of hydrogen-bond acceptors (Lipinski definition) is 5. The van der Waals surface area contributed by atoms with Crippen LogP contribution in [-0.2, 0) is 13.0 Å². The molecule has 0 bridgehead atoms. The zero-order chi connectivity index (χ0) is 15.5. The lowest BCUT2D eigenvalue weighted by atomic mass is 10.2. The molecule has 6 heteroatoms. The Labute approximate surface area is 133 Å². The molecule has 1 aromatic heterocycles. The number of benzene rings is 1. The number of para-hydroxylation sites is 2. The molecular weight excluding hydrogens is 300 g/mol. The van der Waals surface area contributed by atoms with Crippen LogP contribution in [0.2, 0.25) is 0 Å². The molecular formula is C16H18N2O3S. The normalized spacial score (nSPS) is 13.5. The van der Waals surface area contributed by atoms with Crippen molar-refractivity contribution in [2.75, 3.05) is 12.9 Å². The topological polar surface area (TPSA) is 53.4 Å². The maximum atomic E-state index is 12.6. The Kier molecular flexibility index (Phi) is 4.38. The Hall–Kier alpha value is -1.95. The lowest BCUT2D eigenvalue weighted by molar-refractivity contribution is 0.367. The molecule has 0 fully saturated rings. The molecule has 0 aliphatic carbocycles. The Morgan fingerprint density at radius 2 is 2.09 bits per heavy atom. The van der Waals surface area contributed by atoms with Gasteiger partial charge in [-0.3, -0.25) is 9.36 Å². The molecule has 0 amide bonds. The minimum Gasteiger partial charge on any atom is -0.493 e. The molecule has 0 N–H and O–H groups in total. The lowest BCUT2D eigenvalue weighted by Crippen LogP contribution is -2.29. The Balaban J connectivity index is 2.06. The summed E-state index contributed by atoms with van der Waals surface area (Å²) in [4.78, 5) is 17.2. The summed E-state index contributed by atoms with van der Waals surface area (Å²) in [6.45, 7) is 2.67. The van der Waals surface area contributed by atoms with Gasteiger partial charge in [-0.25, -0.2) is 0 Å². The number of methoxy groups -OCH3 is 1. The molecule has 5 nitrogen and oxygen atoms in total. The number of hydrogen-bond donors (Lipinski definition) is 0. The predicted octanol–water partition coefficient (Wildman–Crippen LogP) is 3.10. The average Bonchev–Trinajstić information content (AvgIpc) is 2.56. The zero-order valence-corrected chi connectivity index (χ0v) is 13.5. The van der Waals surface area contributed by atoms with Gasteiger partial charge >= 0.3 is 0 Å². The summed E-state index contributed by atoms with van der Waals surface area (Å²) in [5.41, 5.74) is 0.613. The van der Waals surface area contributed by atoms with Gasteiger partial charge in [-0.1, -0.05) is 30.8 Å². The van der Waals surface area contributed by atoms with Crippen molar-refractivity contribution in [3.8, 4) is 17.4 Å². The summed E-state index contributed by atoms with van der Waals surface area (Å²) in [6, 6.07) is 7.37. The van der Waals surface area contributed by atoms with Crippen molar-refractivity contribution in [3.05, 3.63) is 40.2 Å². The molecule has 2 heterocycles. The van der Waals surface area contributed by atoms with Gasteiger partial charge in [0.25, 0.3) is 5.56 Å². The van der Waals surface area contributed by atoms with Crippen LogP contribution in [0.3, 0.4) is 0 Å². The second-order valence-electron chi connectivity index (χ2n) is 4.94. The van der Waals surface area contributed by atoms with Crippen molar-refractivity contribution in [1.29, 1.82) is 0 Å². The van der Waals surface area contributed by atoms with Crippen molar-refractivity contribution in [3.63, 3.8) is 0 Å². The summed E-state index contributed by atoms with van der Waals surface area (Å²) in [6.07, 6.45) is 1.58.